The van der Waals surface area contributed by atoms with Crippen molar-refractivity contribution in [3.8, 4) is 0 Å². The van der Waals surface area contributed by atoms with Gasteiger partial charge in [0.25, 0.3) is 0 Å². The van der Waals surface area contributed by atoms with Crippen molar-refractivity contribution in [1.29, 1.82) is 0 Å². The maximum Gasteiger partial charge on any atom is 0.145 e. The summed E-state index contributed by atoms with van der Waals surface area (Å²) in [4.78, 5) is 8.81. The van der Waals surface area contributed by atoms with Gasteiger partial charge in [0, 0.05) is 18.2 Å². The summed E-state index contributed by atoms with van der Waals surface area (Å²) >= 11 is 0. The number of nitrogens with one attached hydrogen (secondary N) is 2. The number of hydrogen-bond donors (Lipinski definition) is 3. The standard InChI is InChI=1S/C15H21N5/c1-3-5-13-18-14(10-15(19-13)20-16)17-12-8-6-11(4-2)7-9-12/h6-10H,3-5,16H2,1-2H3,(H2,17,18,19,20). The predicted molar refractivity (Wildman–Crippen MR) is 82.9 cm³/mol. The number of anilines is 3. The molecule has 0 saturated carbocycles. The number of benzene rings is 1. The van der Waals surface area contributed by atoms with Gasteiger partial charge in [-0.15, -0.1) is 0 Å². The van der Waals surface area contributed by atoms with E-state index in [-0.39, 0.29) is 0 Å². The van der Waals surface area contributed by atoms with Gasteiger partial charge < -0.3 is 10.7 Å². The van der Waals surface area contributed by atoms with Crippen LogP contribution >= 0.6 is 0 Å². The van der Waals surface area contributed by atoms with Crippen LogP contribution in [0.1, 0.15) is 31.7 Å². The van der Waals surface area contributed by atoms with Crippen LogP contribution in [-0.4, -0.2) is 9.97 Å². The first-order valence-electron chi connectivity index (χ1n) is 6.95. The quantitative estimate of drug-likeness (QED) is 0.556. The van der Waals surface area contributed by atoms with Crippen LogP contribution in [0.5, 0.6) is 0 Å². The van der Waals surface area contributed by atoms with Crippen molar-refractivity contribution in [1.82, 2.24) is 9.97 Å². The number of nitrogens with two attached hydrogens (primary N) is 1. The van der Waals surface area contributed by atoms with Gasteiger partial charge in [-0.3, -0.25) is 0 Å². The largest absolute Gasteiger partial charge is 0.340 e. The van der Waals surface area contributed by atoms with E-state index >= 15 is 0 Å². The molecule has 4 N–H and O–H groups in total. The van der Waals surface area contributed by atoms with E-state index in [2.05, 4.69) is 58.8 Å². The van der Waals surface area contributed by atoms with Gasteiger partial charge in [0.15, 0.2) is 0 Å². The van der Waals surface area contributed by atoms with E-state index in [0.717, 1.165) is 36.6 Å². The Morgan fingerprint density at radius 2 is 1.75 bits per heavy atom. The molecule has 0 fully saturated rings. The normalized spacial score (nSPS) is 10.3. The molecule has 0 unspecified atom stereocenters. The van der Waals surface area contributed by atoms with Crippen LogP contribution in [-0.2, 0) is 12.8 Å². The Kier molecular flexibility index (Phi) is 4.90. The van der Waals surface area contributed by atoms with Crippen molar-refractivity contribution in [3.63, 3.8) is 0 Å². The van der Waals surface area contributed by atoms with Crippen molar-refractivity contribution in [2.75, 3.05) is 10.7 Å². The third-order valence-electron chi connectivity index (χ3n) is 3.03. The Balaban J connectivity index is 2.20. The molecule has 0 aliphatic rings. The lowest BCUT2D eigenvalue weighted by atomic mass is 10.1. The van der Waals surface area contributed by atoms with E-state index in [1.54, 1.807) is 6.07 Å². The summed E-state index contributed by atoms with van der Waals surface area (Å²) in [6, 6.07) is 10.1. The highest BCUT2D eigenvalue weighted by Crippen LogP contribution is 2.18. The molecule has 106 valence electrons. The molecule has 2 rings (SSSR count). The fraction of sp³-hybridized carbons (Fsp3) is 0.333. The average Bonchev–Trinajstić information content (AvgIpc) is 2.48. The minimum absolute atomic E-state index is 0.621. The maximum atomic E-state index is 5.45. The number of nitrogens with zero attached hydrogens (tertiary/aromatic N) is 2. The molecule has 0 aliphatic heterocycles. The van der Waals surface area contributed by atoms with E-state index in [1.165, 1.54) is 5.56 Å². The molecule has 0 bridgehead atoms. The first kappa shape index (κ1) is 14.3. The maximum absolute atomic E-state index is 5.45. The van der Waals surface area contributed by atoms with Crippen molar-refractivity contribution in [2.24, 2.45) is 5.84 Å². The van der Waals surface area contributed by atoms with Crippen LogP contribution in [0.3, 0.4) is 0 Å². The number of nitrogen functional groups attached to an aromatic ring is 1. The Hall–Kier alpha value is -2.14. The van der Waals surface area contributed by atoms with E-state index in [0.29, 0.717) is 5.82 Å². The number of hydrazine groups is 1. The molecule has 5 nitrogen and oxygen atoms in total. The van der Waals surface area contributed by atoms with Gasteiger partial charge in [0.2, 0.25) is 0 Å². The van der Waals surface area contributed by atoms with Gasteiger partial charge in [-0.05, 0) is 30.5 Å². The number of hydrogen-bond acceptors (Lipinski definition) is 5. The van der Waals surface area contributed by atoms with Gasteiger partial charge in [0.05, 0.1) is 0 Å². The second-order valence-corrected chi connectivity index (χ2v) is 4.62. The second kappa shape index (κ2) is 6.86. The van der Waals surface area contributed by atoms with Crippen LogP contribution in [0.2, 0.25) is 0 Å². The van der Waals surface area contributed by atoms with Gasteiger partial charge in [-0.1, -0.05) is 26.0 Å². The summed E-state index contributed by atoms with van der Waals surface area (Å²) in [6.45, 7) is 4.24. The zero-order valence-electron chi connectivity index (χ0n) is 12.0. The average molecular weight is 271 g/mol. The van der Waals surface area contributed by atoms with Crippen LogP contribution in [0.25, 0.3) is 0 Å². The third-order valence-corrected chi connectivity index (χ3v) is 3.03. The fourth-order valence-corrected chi connectivity index (χ4v) is 1.94. The summed E-state index contributed by atoms with van der Waals surface area (Å²) in [5.74, 6) is 7.61. The summed E-state index contributed by atoms with van der Waals surface area (Å²) < 4.78 is 0. The molecule has 1 aromatic heterocycles. The van der Waals surface area contributed by atoms with Gasteiger partial charge >= 0.3 is 0 Å². The molecule has 2 aromatic rings. The molecular weight excluding hydrogens is 250 g/mol. The Bertz CT molecular complexity index is 551. The molecule has 0 aliphatic carbocycles. The lowest BCUT2D eigenvalue weighted by molar-refractivity contribution is 0.837. The van der Waals surface area contributed by atoms with Gasteiger partial charge in [0.1, 0.15) is 17.5 Å². The van der Waals surface area contributed by atoms with Crippen molar-refractivity contribution in [2.45, 2.75) is 33.1 Å². The van der Waals surface area contributed by atoms with Crippen LogP contribution in [0, 0.1) is 0 Å². The minimum atomic E-state index is 0.621. The summed E-state index contributed by atoms with van der Waals surface area (Å²) in [7, 11) is 0. The summed E-state index contributed by atoms with van der Waals surface area (Å²) in [6.07, 6.45) is 2.87. The van der Waals surface area contributed by atoms with Crippen molar-refractivity contribution < 1.29 is 0 Å². The summed E-state index contributed by atoms with van der Waals surface area (Å²) in [5.41, 5.74) is 4.90. The third kappa shape index (κ3) is 3.68. The van der Waals surface area contributed by atoms with Gasteiger partial charge in [-0.25, -0.2) is 15.8 Å². The molecule has 1 heterocycles. The Morgan fingerprint density at radius 3 is 2.35 bits per heavy atom. The van der Waals surface area contributed by atoms with Crippen LogP contribution < -0.4 is 16.6 Å². The lowest BCUT2D eigenvalue weighted by Gasteiger charge is -2.10. The Labute approximate surface area is 119 Å². The van der Waals surface area contributed by atoms with Gasteiger partial charge in [-0.2, -0.15) is 0 Å². The molecule has 1 aromatic carbocycles. The highest BCUT2D eigenvalue weighted by Gasteiger charge is 2.04. The monoisotopic (exact) mass is 271 g/mol. The second-order valence-electron chi connectivity index (χ2n) is 4.62. The zero-order valence-corrected chi connectivity index (χ0v) is 12.0. The number of aromatic nitrogens is 2. The SMILES string of the molecule is CCCc1nc(NN)cc(Nc2ccc(CC)cc2)n1. The summed E-state index contributed by atoms with van der Waals surface area (Å²) in [5, 5.41) is 3.28. The molecule has 0 amide bonds. The fourth-order valence-electron chi connectivity index (χ4n) is 1.94. The molecule has 5 heteroatoms. The highest BCUT2D eigenvalue weighted by molar-refractivity contribution is 5.59. The molecule has 0 saturated heterocycles. The van der Waals surface area contributed by atoms with E-state index in [4.69, 9.17) is 5.84 Å². The van der Waals surface area contributed by atoms with Crippen molar-refractivity contribution >= 4 is 17.3 Å². The molecular formula is C15H21N5. The number of rotatable bonds is 6. The van der Waals surface area contributed by atoms with E-state index in [1.807, 2.05) is 0 Å². The Morgan fingerprint density at radius 1 is 1.05 bits per heavy atom. The molecule has 0 spiro atoms. The first-order valence-corrected chi connectivity index (χ1v) is 6.95. The van der Waals surface area contributed by atoms with Crippen molar-refractivity contribution in [3.05, 3.63) is 41.7 Å². The van der Waals surface area contributed by atoms with E-state index < -0.39 is 0 Å². The smallest absolute Gasteiger partial charge is 0.145 e. The first-order chi connectivity index (χ1) is 9.75. The topological polar surface area (TPSA) is 75.9 Å². The number of aryl methyl sites for hydroxylation is 2. The lowest BCUT2D eigenvalue weighted by Crippen LogP contribution is -2.11. The predicted octanol–water partition coefficient (Wildman–Crippen LogP) is 3.02. The minimum Gasteiger partial charge on any atom is -0.340 e. The van der Waals surface area contributed by atoms with Crippen LogP contribution in [0.4, 0.5) is 17.3 Å². The molecule has 0 atom stereocenters. The highest BCUT2D eigenvalue weighted by atomic mass is 15.3. The molecule has 0 radical (unpaired) electrons. The molecule has 20 heavy (non-hydrogen) atoms. The van der Waals surface area contributed by atoms with E-state index in [9.17, 15) is 0 Å². The van der Waals surface area contributed by atoms with Crippen LogP contribution in [0.15, 0.2) is 30.3 Å². The zero-order chi connectivity index (χ0) is 14.4.